The summed E-state index contributed by atoms with van der Waals surface area (Å²) in [7, 11) is 0. The van der Waals surface area contributed by atoms with Gasteiger partial charge in [-0.1, -0.05) is 6.92 Å². The first-order valence-corrected chi connectivity index (χ1v) is 7.32. The Hall–Kier alpha value is -0.610. The average molecular weight is 253 g/mol. The highest BCUT2D eigenvalue weighted by molar-refractivity contribution is 5.81. The van der Waals surface area contributed by atoms with Crippen molar-refractivity contribution in [3.63, 3.8) is 0 Å². The third-order valence-electron chi connectivity index (χ3n) is 4.80. The molecule has 0 bridgehead atoms. The fraction of sp³-hybridized carbons (Fsp3) is 0.929. The van der Waals surface area contributed by atoms with Crippen LogP contribution < -0.4 is 11.1 Å². The SMILES string of the molecule is CCNC1CCC(N2CCC(C)(C(N)=O)C2)CC1. The summed E-state index contributed by atoms with van der Waals surface area (Å²) in [5.41, 5.74) is 5.22. The molecule has 3 N–H and O–H groups in total. The predicted octanol–water partition coefficient (Wildman–Crippen LogP) is 1.10. The van der Waals surface area contributed by atoms with Crippen LogP contribution >= 0.6 is 0 Å². The first-order valence-electron chi connectivity index (χ1n) is 7.32. The summed E-state index contributed by atoms with van der Waals surface area (Å²) >= 11 is 0. The van der Waals surface area contributed by atoms with Crippen molar-refractivity contribution in [3.8, 4) is 0 Å². The Bertz CT molecular complexity index is 299. The Labute approximate surface area is 110 Å². The smallest absolute Gasteiger partial charge is 0.224 e. The fourth-order valence-electron chi connectivity index (χ4n) is 3.44. The number of likely N-dealkylation sites (tertiary alicyclic amines) is 1. The molecule has 1 heterocycles. The summed E-state index contributed by atoms with van der Waals surface area (Å²) in [6.45, 7) is 7.15. The summed E-state index contributed by atoms with van der Waals surface area (Å²) in [6, 6.07) is 1.37. The highest BCUT2D eigenvalue weighted by atomic mass is 16.1. The van der Waals surface area contributed by atoms with Gasteiger partial charge in [0.2, 0.25) is 5.91 Å². The van der Waals surface area contributed by atoms with E-state index in [1.807, 2.05) is 6.92 Å². The summed E-state index contributed by atoms with van der Waals surface area (Å²) in [5, 5.41) is 3.54. The molecule has 0 spiro atoms. The summed E-state index contributed by atoms with van der Waals surface area (Å²) in [5.74, 6) is -0.133. The molecule has 1 aliphatic carbocycles. The van der Waals surface area contributed by atoms with Gasteiger partial charge in [-0.05, 0) is 52.1 Å². The molecule has 2 fully saturated rings. The molecule has 4 nitrogen and oxygen atoms in total. The maximum atomic E-state index is 11.5. The zero-order chi connectivity index (χ0) is 13.2. The Morgan fingerprint density at radius 3 is 2.56 bits per heavy atom. The molecular formula is C14H27N3O. The van der Waals surface area contributed by atoms with E-state index in [0.717, 1.165) is 26.1 Å². The lowest BCUT2D eigenvalue weighted by molar-refractivity contribution is -0.126. The molecule has 2 aliphatic rings. The summed E-state index contributed by atoms with van der Waals surface area (Å²) < 4.78 is 0. The van der Waals surface area contributed by atoms with Gasteiger partial charge < -0.3 is 11.1 Å². The number of hydrogen-bond donors (Lipinski definition) is 2. The lowest BCUT2D eigenvalue weighted by atomic mass is 9.88. The van der Waals surface area contributed by atoms with E-state index in [0.29, 0.717) is 12.1 Å². The summed E-state index contributed by atoms with van der Waals surface area (Å²) in [6.07, 6.45) is 5.97. The molecule has 1 aliphatic heterocycles. The van der Waals surface area contributed by atoms with Crippen LogP contribution in [0.1, 0.15) is 46.0 Å². The van der Waals surface area contributed by atoms with Crippen LogP contribution in [0.25, 0.3) is 0 Å². The van der Waals surface area contributed by atoms with E-state index < -0.39 is 0 Å². The van der Waals surface area contributed by atoms with Crippen molar-refractivity contribution in [2.24, 2.45) is 11.1 Å². The molecule has 1 atom stereocenters. The van der Waals surface area contributed by atoms with Gasteiger partial charge >= 0.3 is 0 Å². The number of carbonyl (C=O) groups is 1. The van der Waals surface area contributed by atoms with Crippen molar-refractivity contribution >= 4 is 5.91 Å². The Kier molecular flexibility index (Phi) is 4.28. The van der Waals surface area contributed by atoms with Gasteiger partial charge in [-0.3, -0.25) is 9.69 Å². The van der Waals surface area contributed by atoms with Gasteiger partial charge in [0.15, 0.2) is 0 Å². The van der Waals surface area contributed by atoms with Crippen LogP contribution in [0, 0.1) is 5.41 Å². The van der Waals surface area contributed by atoms with Gasteiger partial charge in [-0.2, -0.15) is 0 Å². The standard InChI is InChI=1S/C14H27N3O/c1-3-16-11-4-6-12(7-5-11)17-9-8-14(2,10-17)13(15)18/h11-12,16H,3-10H2,1-2H3,(H2,15,18). The third kappa shape index (κ3) is 2.86. The first kappa shape index (κ1) is 13.8. The monoisotopic (exact) mass is 253 g/mol. The van der Waals surface area contributed by atoms with Crippen molar-refractivity contribution < 1.29 is 4.79 Å². The minimum absolute atomic E-state index is 0.133. The quantitative estimate of drug-likeness (QED) is 0.789. The van der Waals surface area contributed by atoms with Gasteiger partial charge in [-0.15, -0.1) is 0 Å². The van der Waals surface area contributed by atoms with Crippen LogP contribution in [0.4, 0.5) is 0 Å². The number of rotatable bonds is 4. The normalized spacial score (nSPS) is 37.9. The molecule has 0 aromatic carbocycles. The minimum atomic E-state index is -0.293. The van der Waals surface area contributed by atoms with Gasteiger partial charge in [0.1, 0.15) is 0 Å². The largest absolute Gasteiger partial charge is 0.369 e. The Balaban J connectivity index is 1.83. The van der Waals surface area contributed by atoms with E-state index in [-0.39, 0.29) is 11.3 Å². The summed E-state index contributed by atoms with van der Waals surface area (Å²) in [4.78, 5) is 14.0. The van der Waals surface area contributed by atoms with Gasteiger partial charge in [0, 0.05) is 18.6 Å². The maximum absolute atomic E-state index is 11.5. The first-order chi connectivity index (χ1) is 8.55. The lowest BCUT2D eigenvalue weighted by Gasteiger charge is -2.35. The molecule has 0 aromatic heterocycles. The van der Waals surface area contributed by atoms with Gasteiger partial charge in [-0.25, -0.2) is 0 Å². The molecule has 0 aromatic rings. The van der Waals surface area contributed by atoms with Gasteiger partial charge in [0.05, 0.1) is 5.41 Å². The van der Waals surface area contributed by atoms with Gasteiger partial charge in [0.25, 0.3) is 0 Å². The Morgan fingerprint density at radius 1 is 1.39 bits per heavy atom. The van der Waals surface area contributed by atoms with Crippen molar-refractivity contribution in [3.05, 3.63) is 0 Å². The molecule has 2 rings (SSSR count). The fourth-order valence-corrected chi connectivity index (χ4v) is 3.44. The molecule has 1 unspecified atom stereocenters. The van der Waals surface area contributed by atoms with Crippen LogP contribution in [0.2, 0.25) is 0 Å². The van der Waals surface area contributed by atoms with E-state index >= 15 is 0 Å². The van der Waals surface area contributed by atoms with E-state index in [1.165, 1.54) is 25.7 Å². The second-order valence-corrected chi connectivity index (χ2v) is 6.21. The number of amides is 1. The minimum Gasteiger partial charge on any atom is -0.369 e. The number of nitrogens with one attached hydrogen (secondary N) is 1. The number of carbonyl (C=O) groups excluding carboxylic acids is 1. The number of nitrogens with zero attached hydrogens (tertiary/aromatic N) is 1. The van der Waals surface area contributed by atoms with Crippen LogP contribution in [0.5, 0.6) is 0 Å². The topological polar surface area (TPSA) is 58.4 Å². The molecule has 1 saturated carbocycles. The van der Waals surface area contributed by atoms with Crippen molar-refractivity contribution in [2.45, 2.75) is 58.0 Å². The molecule has 1 amide bonds. The van der Waals surface area contributed by atoms with E-state index in [1.54, 1.807) is 0 Å². The van der Waals surface area contributed by atoms with E-state index in [4.69, 9.17) is 5.73 Å². The number of nitrogens with two attached hydrogens (primary N) is 1. The van der Waals surface area contributed by atoms with Crippen LogP contribution in [-0.2, 0) is 4.79 Å². The number of hydrogen-bond acceptors (Lipinski definition) is 3. The van der Waals surface area contributed by atoms with Crippen LogP contribution in [-0.4, -0.2) is 42.5 Å². The molecular weight excluding hydrogens is 226 g/mol. The molecule has 1 saturated heterocycles. The third-order valence-corrected chi connectivity index (χ3v) is 4.80. The maximum Gasteiger partial charge on any atom is 0.224 e. The molecule has 4 heteroatoms. The van der Waals surface area contributed by atoms with E-state index in [2.05, 4.69) is 17.1 Å². The van der Waals surface area contributed by atoms with E-state index in [9.17, 15) is 4.79 Å². The zero-order valence-corrected chi connectivity index (χ0v) is 11.7. The second kappa shape index (κ2) is 5.57. The molecule has 0 radical (unpaired) electrons. The van der Waals surface area contributed by atoms with Crippen molar-refractivity contribution in [2.75, 3.05) is 19.6 Å². The van der Waals surface area contributed by atoms with Crippen LogP contribution in [0.15, 0.2) is 0 Å². The lowest BCUT2D eigenvalue weighted by Crippen LogP contribution is -2.43. The zero-order valence-electron chi connectivity index (χ0n) is 11.7. The van der Waals surface area contributed by atoms with Crippen molar-refractivity contribution in [1.82, 2.24) is 10.2 Å². The number of primary amides is 1. The Morgan fingerprint density at radius 2 is 2.06 bits per heavy atom. The average Bonchev–Trinajstić information content (AvgIpc) is 2.75. The second-order valence-electron chi connectivity index (χ2n) is 6.21. The molecule has 104 valence electrons. The highest BCUT2D eigenvalue weighted by Crippen LogP contribution is 2.34. The van der Waals surface area contributed by atoms with Crippen LogP contribution in [0.3, 0.4) is 0 Å². The predicted molar refractivity (Wildman–Crippen MR) is 73.2 cm³/mol. The highest BCUT2D eigenvalue weighted by Gasteiger charge is 2.41. The molecule has 18 heavy (non-hydrogen) atoms. The van der Waals surface area contributed by atoms with Crippen molar-refractivity contribution in [1.29, 1.82) is 0 Å².